The topological polar surface area (TPSA) is 17.1 Å². The highest BCUT2D eigenvalue weighted by atomic mass is 19.1. The molecule has 2 aromatic rings. The van der Waals surface area contributed by atoms with E-state index in [0.717, 1.165) is 11.1 Å². The molecule has 0 atom stereocenters. The van der Waals surface area contributed by atoms with Crippen molar-refractivity contribution in [2.75, 3.05) is 0 Å². The number of ketones is 1. The van der Waals surface area contributed by atoms with E-state index < -0.39 is 0 Å². The lowest BCUT2D eigenvalue weighted by atomic mass is 9.99. The zero-order valence-electron chi connectivity index (χ0n) is 10.8. The summed E-state index contributed by atoms with van der Waals surface area (Å²) in [7, 11) is 0. The molecule has 0 spiro atoms. The predicted octanol–water partition coefficient (Wildman–Crippen LogP) is 3.98. The molecule has 2 aromatic carbocycles. The van der Waals surface area contributed by atoms with Gasteiger partial charge < -0.3 is 0 Å². The molecule has 0 heterocycles. The smallest absolute Gasteiger partial charge is 0.193 e. The van der Waals surface area contributed by atoms with Crippen LogP contribution >= 0.6 is 0 Å². The maximum atomic E-state index is 13.5. The summed E-state index contributed by atoms with van der Waals surface area (Å²) in [6.45, 7) is 5.57. The first kappa shape index (κ1) is 12.5. The molecule has 0 amide bonds. The average molecular weight is 242 g/mol. The monoisotopic (exact) mass is 242 g/mol. The Balaban J connectivity index is 2.44. The molecule has 0 bridgehead atoms. The molecule has 0 saturated carbocycles. The number of benzene rings is 2. The molecule has 92 valence electrons. The van der Waals surface area contributed by atoms with Crippen molar-refractivity contribution in [3.8, 4) is 0 Å². The van der Waals surface area contributed by atoms with E-state index in [4.69, 9.17) is 0 Å². The fourth-order valence-corrected chi connectivity index (χ4v) is 2.01. The van der Waals surface area contributed by atoms with Crippen LogP contribution in [0.4, 0.5) is 4.39 Å². The van der Waals surface area contributed by atoms with E-state index >= 15 is 0 Å². The Morgan fingerprint density at radius 3 is 2.06 bits per heavy atom. The number of carbonyl (C=O) groups excluding carboxylic acids is 1. The van der Waals surface area contributed by atoms with Crippen molar-refractivity contribution in [3.63, 3.8) is 0 Å². The summed E-state index contributed by atoms with van der Waals surface area (Å²) in [6, 6.07) is 10.3. The number of hydrogen-bond donors (Lipinski definition) is 0. The van der Waals surface area contributed by atoms with Crippen LogP contribution in [0.2, 0.25) is 0 Å². The van der Waals surface area contributed by atoms with E-state index in [-0.39, 0.29) is 11.6 Å². The highest BCUT2D eigenvalue weighted by Gasteiger charge is 2.11. The largest absolute Gasteiger partial charge is 0.289 e. The molecular weight excluding hydrogens is 227 g/mol. The first-order valence-electron chi connectivity index (χ1n) is 5.86. The second-order valence-electron chi connectivity index (χ2n) is 4.67. The number of rotatable bonds is 2. The molecule has 0 radical (unpaired) electrons. The Kier molecular flexibility index (Phi) is 3.28. The van der Waals surface area contributed by atoms with Gasteiger partial charge in [-0.05, 0) is 44.5 Å². The third-order valence-electron chi connectivity index (χ3n) is 2.92. The molecule has 0 unspecified atom stereocenters. The minimum absolute atomic E-state index is 0.138. The van der Waals surface area contributed by atoms with Crippen LogP contribution < -0.4 is 0 Å². The SMILES string of the molecule is Cc1cc(C)cc(C(=O)c2ccc(C)c(F)c2)c1. The van der Waals surface area contributed by atoms with E-state index in [9.17, 15) is 9.18 Å². The Morgan fingerprint density at radius 2 is 1.50 bits per heavy atom. The van der Waals surface area contributed by atoms with E-state index in [0.29, 0.717) is 16.7 Å². The lowest BCUT2D eigenvalue weighted by Crippen LogP contribution is -2.03. The second kappa shape index (κ2) is 4.73. The molecule has 0 N–H and O–H groups in total. The maximum Gasteiger partial charge on any atom is 0.193 e. The molecule has 2 heteroatoms. The van der Waals surface area contributed by atoms with Crippen molar-refractivity contribution in [2.24, 2.45) is 0 Å². The first-order chi connectivity index (χ1) is 8.47. The highest BCUT2D eigenvalue weighted by molar-refractivity contribution is 6.09. The summed E-state index contributed by atoms with van der Waals surface area (Å²) in [4.78, 5) is 12.2. The predicted molar refractivity (Wildman–Crippen MR) is 70.5 cm³/mol. The third-order valence-corrected chi connectivity index (χ3v) is 2.92. The molecule has 2 rings (SSSR count). The zero-order valence-corrected chi connectivity index (χ0v) is 10.8. The van der Waals surface area contributed by atoms with Crippen LogP contribution in [0.25, 0.3) is 0 Å². The Morgan fingerprint density at radius 1 is 0.889 bits per heavy atom. The highest BCUT2D eigenvalue weighted by Crippen LogP contribution is 2.16. The molecule has 0 saturated heterocycles. The van der Waals surface area contributed by atoms with Crippen molar-refractivity contribution >= 4 is 5.78 Å². The van der Waals surface area contributed by atoms with E-state index in [2.05, 4.69) is 0 Å². The van der Waals surface area contributed by atoms with Crippen LogP contribution in [0.3, 0.4) is 0 Å². The van der Waals surface area contributed by atoms with Gasteiger partial charge >= 0.3 is 0 Å². The van der Waals surface area contributed by atoms with Gasteiger partial charge in [-0.3, -0.25) is 4.79 Å². The van der Waals surface area contributed by atoms with Gasteiger partial charge in [0.1, 0.15) is 5.82 Å². The lowest BCUT2D eigenvalue weighted by molar-refractivity contribution is 0.103. The van der Waals surface area contributed by atoms with Gasteiger partial charge in [0.25, 0.3) is 0 Å². The Bertz CT molecular complexity index is 594. The maximum absolute atomic E-state index is 13.5. The van der Waals surface area contributed by atoms with E-state index in [1.807, 2.05) is 32.0 Å². The fourth-order valence-electron chi connectivity index (χ4n) is 2.01. The van der Waals surface area contributed by atoms with Gasteiger partial charge in [-0.2, -0.15) is 0 Å². The summed E-state index contributed by atoms with van der Waals surface area (Å²) in [5.41, 5.74) is 3.61. The van der Waals surface area contributed by atoms with Gasteiger partial charge in [0.15, 0.2) is 5.78 Å². The lowest BCUT2D eigenvalue weighted by Gasteiger charge is -2.05. The third kappa shape index (κ3) is 2.48. The van der Waals surface area contributed by atoms with Gasteiger partial charge in [0.2, 0.25) is 0 Å². The molecule has 0 aliphatic carbocycles. The fraction of sp³-hybridized carbons (Fsp3) is 0.188. The van der Waals surface area contributed by atoms with Gasteiger partial charge in [0.05, 0.1) is 0 Å². The molecule has 18 heavy (non-hydrogen) atoms. The van der Waals surface area contributed by atoms with Crippen LogP contribution in [0.5, 0.6) is 0 Å². The molecule has 0 fully saturated rings. The number of carbonyl (C=O) groups is 1. The van der Waals surface area contributed by atoms with Crippen LogP contribution in [-0.2, 0) is 0 Å². The molecule has 1 nitrogen and oxygen atoms in total. The summed E-state index contributed by atoms with van der Waals surface area (Å²) in [6.07, 6.45) is 0. The summed E-state index contributed by atoms with van der Waals surface area (Å²) in [5, 5.41) is 0. The van der Waals surface area contributed by atoms with Gasteiger partial charge in [-0.15, -0.1) is 0 Å². The second-order valence-corrected chi connectivity index (χ2v) is 4.67. The van der Waals surface area contributed by atoms with Gasteiger partial charge in [-0.1, -0.05) is 29.3 Å². The quantitative estimate of drug-likeness (QED) is 0.728. The summed E-state index contributed by atoms with van der Waals surface area (Å²) < 4.78 is 13.5. The van der Waals surface area contributed by atoms with Crippen molar-refractivity contribution in [1.29, 1.82) is 0 Å². The van der Waals surface area contributed by atoms with Crippen molar-refractivity contribution in [1.82, 2.24) is 0 Å². The normalized spacial score (nSPS) is 10.4. The van der Waals surface area contributed by atoms with Crippen molar-refractivity contribution in [3.05, 3.63) is 70.0 Å². The summed E-state index contributed by atoms with van der Waals surface area (Å²) >= 11 is 0. The Labute approximate surface area is 106 Å². The average Bonchev–Trinajstić information content (AvgIpc) is 2.30. The molecule has 0 aliphatic heterocycles. The number of halogens is 1. The molecule has 0 aromatic heterocycles. The standard InChI is InChI=1S/C16H15FO/c1-10-6-11(2)8-14(7-10)16(18)13-5-4-12(3)15(17)9-13/h4-9H,1-3H3. The Hall–Kier alpha value is -1.96. The molecule has 0 aliphatic rings. The zero-order chi connectivity index (χ0) is 13.3. The van der Waals surface area contributed by atoms with Gasteiger partial charge in [0, 0.05) is 11.1 Å². The van der Waals surface area contributed by atoms with Crippen molar-refractivity contribution < 1.29 is 9.18 Å². The van der Waals surface area contributed by atoms with Crippen LogP contribution in [0.1, 0.15) is 32.6 Å². The van der Waals surface area contributed by atoms with Crippen LogP contribution in [-0.4, -0.2) is 5.78 Å². The van der Waals surface area contributed by atoms with Gasteiger partial charge in [-0.25, -0.2) is 4.39 Å². The summed E-state index contributed by atoms with van der Waals surface area (Å²) in [5.74, 6) is -0.481. The first-order valence-corrected chi connectivity index (χ1v) is 5.86. The number of aryl methyl sites for hydroxylation is 3. The van der Waals surface area contributed by atoms with Crippen LogP contribution in [0.15, 0.2) is 36.4 Å². The van der Waals surface area contributed by atoms with Crippen LogP contribution in [0, 0.1) is 26.6 Å². The van der Waals surface area contributed by atoms with E-state index in [1.165, 1.54) is 6.07 Å². The molecular formula is C16H15FO. The minimum atomic E-state index is -0.342. The number of hydrogen-bond acceptors (Lipinski definition) is 1. The minimum Gasteiger partial charge on any atom is -0.289 e. The van der Waals surface area contributed by atoms with E-state index in [1.54, 1.807) is 19.1 Å². The van der Waals surface area contributed by atoms with Crippen molar-refractivity contribution in [2.45, 2.75) is 20.8 Å².